The first-order valence-electron chi connectivity index (χ1n) is 8.50. The molecule has 0 bridgehead atoms. The van der Waals surface area contributed by atoms with Crippen LogP contribution in [0.25, 0.3) is 0 Å². The van der Waals surface area contributed by atoms with Crippen molar-refractivity contribution in [3.63, 3.8) is 0 Å². The highest BCUT2D eigenvalue weighted by Crippen LogP contribution is 2.31. The normalized spacial score (nSPS) is 22.0. The summed E-state index contributed by atoms with van der Waals surface area (Å²) in [5.74, 6) is 0.861. The quantitative estimate of drug-likeness (QED) is 0.912. The largest absolute Gasteiger partial charge is 0.497 e. The Morgan fingerprint density at radius 2 is 2.21 bits per heavy atom. The van der Waals surface area contributed by atoms with Gasteiger partial charge in [0.15, 0.2) is 0 Å². The Morgan fingerprint density at radius 1 is 1.38 bits per heavy atom. The molecule has 1 saturated heterocycles. The van der Waals surface area contributed by atoms with E-state index in [9.17, 15) is 5.11 Å². The third kappa shape index (κ3) is 3.60. The zero-order chi connectivity index (χ0) is 17.2. The van der Waals surface area contributed by atoms with Gasteiger partial charge in [-0.3, -0.25) is 4.90 Å². The van der Waals surface area contributed by atoms with Crippen LogP contribution in [0.1, 0.15) is 44.0 Å². The van der Waals surface area contributed by atoms with E-state index in [1.165, 1.54) is 5.56 Å². The van der Waals surface area contributed by atoms with Crippen molar-refractivity contribution in [3.05, 3.63) is 41.7 Å². The maximum Gasteiger partial charge on any atom is 0.123 e. The minimum absolute atomic E-state index is 0.242. The first-order valence-corrected chi connectivity index (χ1v) is 8.50. The number of hydrogen-bond donors (Lipinski definition) is 1. The molecule has 0 spiro atoms. The summed E-state index contributed by atoms with van der Waals surface area (Å²) in [4.78, 5) is 2.27. The van der Waals surface area contributed by atoms with E-state index in [-0.39, 0.29) is 6.04 Å². The third-order valence-corrected chi connectivity index (χ3v) is 4.61. The van der Waals surface area contributed by atoms with Crippen molar-refractivity contribution in [2.75, 3.05) is 20.2 Å². The molecule has 6 heteroatoms. The lowest BCUT2D eigenvalue weighted by Crippen LogP contribution is -2.45. The number of methoxy groups -OCH3 is 1. The molecule has 1 aromatic carbocycles. The molecule has 1 atom stereocenters. The molecule has 2 heterocycles. The monoisotopic (exact) mass is 330 g/mol. The Kier molecular flexibility index (Phi) is 4.87. The fraction of sp³-hybridized carbons (Fsp3) is 0.556. The number of ether oxygens (including phenoxy) is 1. The number of benzene rings is 1. The van der Waals surface area contributed by atoms with Gasteiger partial charge in [-0.25, -0.2) is 4.68 Å². The van der Waals surface area contributed by atoms with Gasteiger partial charge in [0.05, 0.1) is 13.3 Å². The number of aromatic nitrogens is 3. The van der Waals surface area contributed by atoms with E-state index in [4.69, 9.17) is 4.74 Å². The van der Waals surface area contributed by atoms with E-state index in [0.717, 1.165) is 31.7 Å². The van der Waals surface area contributed by atoms with Gasteiger partial charge in [-0.1, -0.05) is 17.3 Å². The van der Waals surface area contributed by atoms with Crippen LogP contribution in [-0.2, 0) is 12.1 Å². The number of β-amino-alcohol motifs (C(OH)–C–C–N with tert-alkyl or cyclic N) is 1. The minimum atomic E-state index is -0.926. The summed E-state index contributed by atoms with van der Waals surface area (Å²) in [5.41, 5.74) is 0.931. The van der Waals surface area contributed by atoms with Gasteiger partial charge in [-0.15, -0.1) is 5.10 Å². The summed E-state index contributed by atoms with van der Waals surface area (Å²) in [6.07, 6.45) is 3.53. The summed E-state index contributed by atoms with van der Waals surface area (Å²) in [6, 6.07) is 8.32. The number of piperidine rings is 1. The highest BCUT2D eigenvalue weighted by Gasteiger charge is 2.37. The Bertz CT molecular complexity index is 685. The topological polar surface area (TPSA) is 63.4 Å². The van der Waals surface area contributed by atoms with Gasteiger partial charge in [0.1, 0.15) is 17.0 Å². The van der Waals surface area contributed by atoms with Crippen LogP contribution in [0, 0.1) is 0 Å². The van der Waals surface area contributed by atoms with Crippen molar-refractivity contribution >= 4 is 0 Å². The fourth-order valence-electron chi connectivity index (χ4n) is 3.24. The molecule has 0 radical (unpaired) electrons. The van der Waals surface area contributed by atoms with Crippen molar-refractivity contribution in [1.29, 1.82) is 0 Å². The van der Waals surface area contributed by atoms with E-state index < -0.39 is 5.60 Å². The molecule has 24 heavy (non-hydrogen) atoms. The average molecular weight is 330 g/mol. The van der Waals surface area contributed by atoms with Gasteiger partial charge in [-0.2, -0.15) is 0 Å². The predicted octanol–water partition coefficient (Wildman–Crippen LogP) is 2.35. The van der Waals surface area contributed by atoms with Gasteiger partial charge < -0.3 is 9.84 Å². The molecule has 1 aliphatic rings. The lowest BCUT2D eigenvalue weighted by molar-refractivity contribution is -0.0414. The highest BCUT2D eigenvalue weighted by molar-refractivity contribution is 5.28. The standard InChI is InChI=1S/C18H26N4O2/c1-14(2)22-12-17(19-20-22)18(23)8-5-9-21(13-18)11-15-6-4-7-16(10-15)24-3/h4,6-7,10,12,14,23H,5,8-9,11,13H2,1-3H3/t18-/m0/s1. The molecule has 0 saturated carbocycles. The molecule has 3 rings (SSSR count). The summed E-state index contributed by atoms with van der Waals surface area (Å²) in [7, 11) is 1.68. The van der Waals surface area contributed by atoms with Crippen LogP contribution in [0.3, 0.4) is 0 Å². The van der Waals surface area contributed by atoms with Gasteiger partial charge in [-0.05, 0) is 50.9 Å². The number of nitrogens with zero attached hydrogens (tertiary/aromatic N) is 4. The lowest BCUT2D eigenvalue weighted by Gasteiger charge is -2.38. The molecule has 0 amide bonds. The predicted molar refractivity (Wildman–Crippen MR) is 91.8 cm³/mol. The summed E-state index contributed by atoms with van der Waals surface area (Å²) in [5, 5.41) is 19.5. The summed E-state index contributed by atoms with van der Waals surface area (Å²) < 4.78 is 7.09. The van der Waals surface area contributed by atoms with Gasteiger partial charge in [0.2, 0.25) is 0 Å². The molecule has 2 aromatic rings. The lowest BCUT2D eigenvalue weighted by atomic mass is 9.89. The number of aliphatic hydroxyl groups is 1. The maximum atomic E-state index is 11.1. The van der Waals surface area contributed by atoms with E-state index in [1.807, 2.05) is 24.4 Å². The molecule has 0 aliphatic carbocycles. The Hall–Kier alpha value is -1.92. The first-order chi connectivity index (χ1) is 11.5. The average Bonchev–Trinajstić information content (AvgIpc) is 3.06. The van der Waals surface area contributed by atoms with Crippen molar-refractivity contribution in [1.82, 2.24) is 19.9 Å². The molecule has 6 nitrogen and oxygen atoms in total. The molecule has 130 valence electrons. The number of rotatable bonds is 5. The Labute approximate surface area is 143 Å². The van der Waals surface area contributed by atoms with E-state index >= 15 is 0 Å². The molecule has 1 aliphatic heterocycles. The van der Waals surface area contributed by atoms with Crippen LogP contribution in [0.15, 0.2) is 30.5 Å². The van der Waals surface area contributed by atoms with Crippen molar-refractivity contribution < 1.29 is 9.84 Å². The zero-order valence-corrected chi connectivity index (χ0v) is 14.6. The number of likely N-dealkylation sites (tertiary alicyclic amines) is 1. The molecular formula is C18H26N4O2. The van der Waals surface area contributed by atoms with Crippen molar-refractivity contribution in [3.8, 4) is 5.75 Å². The zero-order valence-electron chi connectivity index (χ0n) is 14.6. The first kappa shape index (κ1) is 16.9. The third-order valence-electron chi connectivity index (χ3n) is 4.61. The summed E-state index contributed by atoms with van der Waals surface area (Å²) in [6.45, 7) is 6.44. The summed E-state index contributed by atoms with van der Waals surface area (Å²) >= 11 is 0. The highest BCUT2D eigenvalue weighted by atomic mass is 16.5. The van der Waals surface area contributed by atoms with Crippen LogP contribution < -0.4 is 4.74 Å². The molecule has 0 unspecified atom stereocenters. The molecule has 1 aromatic heterocycles. The van der Waals surface area contributed by atoms with Gasteiger partial charge in [0, 0.05) is 19.1 Å². The van der Waals surface area contributed by atoms with Gasteiger partial charge >= 0.3 is 0 Å². The molecular weight excluding hydrogens is 304 g/mol. The van der Waals surface area contributed by atoms with Crippen LogP contribution in [-0.4, -0.2) is 45.2 Å². The van der Waals surface area contributed by atoms with E-state index in [0.29, 0.717) is 12.2 Å². The van der Waals surface area contributed by atoms with Crippen molar-refractivity contribution in [2.45, 2.75) is 44.9 Å². The second-order valence-corrected chi connectivity index (χ2v) is 6.87. The second kappa shape index (κ2) is 6.91. The fourth-order valence-corrected chi connectivity index (χ4v) is 3.24. The molecule has 1 N–H and O–H groups in total. The van der Waals surface area contributed by atoms with Crippen LogP contribution in [0.2, 0.25) is 0 Å². The Balaban J connectivity index is 1.72. The van der Waals surface area contributed by atoms with Crippen LogP contribution >= 0.6 is 0 Å². The SMILES string of the molecule is COc1cccc(CN2CCC[C@@](O)(c3cn(C(C)C)nn3)C2)c1. The number of hydrogen-bond acceptors (Lipinski definition) is 5. The molecule has 1 fully saturated rings. The van der Waals surface area contributed by atoms with E-state index in [1.54, 1.807) is 11.8 Å². The second-order valence-electron chi connectivity index (χ2n) is 6.87. The minimum Gasteiger partial charge on any atom is -0.497 e. The Morgan fingerprint density at radius 3 is 2.92 bits per heavy atom. The van der Waals surface area contributed by atoms with Crippen LogP contribution in [0.4, 0.5) is 0 Å². The van der Waals surface area contributed by atoms with E-state index in [2.05, 4.69) is 35.1 Å². The van der Waals surface area contributed by atoms with Crippen LogP contribution in [0.5, 0.6) is 5.75 Å². The maximum absolute atomic E-state index is 11.1. The van der Waals surface area contributed by atoms with Gasteiger partial charge in [0.25, 0.3) is 0 Å². The van der Waals surface area contributed by atoms with Crippen molar-refractivity contribution in [2.24, 2.45) is 0 Å². The smallest absolute Gasteiger partial charge is 0.123 e.